The third-order valence-corrected chi connectivity index (χ3v) is 5.04. The molecule has 0 aromatic carbocycles. The number of hydrogen-bond acceptors (Lipinski definition) is 3. The molecule has 0 N–H and O–H groups in total. The molecule has 0 amide bonds. The Kier molecular flexibility index (Phi) is 2.78. The van der Waals surface area contributed by atoms with E-state index >= 15 is 0 Å². The van der Waals surface area contributed by atoms with Gasteiger partial charge in [-0.1, -0.05) is 13.8 Å². The molecule has 0 radical (unpaired) electrons. The molecular weight excluding hydrogens is 208 g/mol. The number of aromatic nitrogens is 1. The molecule has 15 heavy (non-hydrogen) atoms. The van der Waals surface area contributed by atoms with Gasteiger partial charge in [-0.3, -0.25) is 4.98 Å². The van der Waals surface area contributed by atoms with E-state index in [0.29, 0.717) is 11.7 Å². The number of nitrogens with zero attached hydrogens (tertiary/aromatic N) is 2. The fourth-order valence-corrected chi connectivity index (χ4v) is 4.16. The average molecular weight is 224 g/mol. The SMILES string of the molecule is CC(C)c1ncccc1[S@@]1(=O)=NCCC1. The fraction of sp³-hybridized carbons (Fsp3) is 0.545. The van der Waals surface area contributed by atoms with E-state index in [1.54, 1.807) is 6.20 Å². The minimum absolute atomic E-state index is 0.301. The minimum Gasteiger partial charge on any atom is -0.260 e. The summed E-state index contributed by atoms with van der Waals surface area (Å²) >= 11 is 0. The topological polar surface area (TPSA) is 42.3 Å². The van der Waals surface area contributed by atoms with Gasteiger partial charge in [0.05, 0.1) is 20.3 Å². The van der Waals surface area contributed by atoms with Gasteiger partial charge in [-0.2, -0.15) is 0 Å². The summed E-state index contributed by atoms with van der Waals surface area (Å²) in [5, 5.41) is 0. The molecule has 2 rings (SSSR count). The van der Waals surface area contributed by atoms with Crippen LogP contribution in [0.3, 0.4) is 0 Å². The Hall–Kier alpha value is -0.900. The highest BCUT2D eigenvalue weighted by Gasteiger charge is 2.22. The van der Waals surface area contributed by atoms with Gasteiger partial charge in [-0.15, -0.1) is 0 Å². The zero-order chi connectivity index (χ0) is 10.9. The molecule has 3 nitrogen and oxygen atoms in total. The highest BCUT2D eigenvalue weighted by molar-refractivity contribution is 7.93. The summed E-state index contributed by atoms with van der Waals surface area (Å²) in [7, 11) is -2.15. The first-order chi connectivity index (χ1) is 7.13. The van der Waals surface area contributed by atoms with Crippen molar-refractivity contribution in [1.29, 1.82) is 0 Å². The molecular formula is C11H16N2OS. The van der Waals surface area contributed by atoms with E-state index in [2.05, 4.69) is 23.2 Å². The van der Waals surface area contributed by atoms with E-state index < -0.39 is 9.73 Å². The molecule has 0 spiro atoms. The lowest BCUT2D eigenvalue weighted by Gasteiger charge is -2.12. The van der Waals surface area contributed by atoms with Gasteiger partial charge in [-0.05, 0) is 24.5 Å². The predicted molar refractivity (Wildman–Crippen MR) is 61.5 cm³/mol. The summed E-state index contributed by atoms with van der Waals surface area (Å²) in [5.41, 5.74) is 0.938. The first-order valence-corrected chi connectivity index (χ1v) is 6.97. The van der Waals surface area contributed by atoms with Crippen LogP contribution in [-0.4, -0.2) is 21.5 Å². The van der Waals surface area contributed by atoms with Crippen molar-refractivity contribution in [3.63, 3.8) is 0 Å². The molecule has 82 valence electrons. The molecule has 0 fully saturated rings. The van der Waals surface area contributed by atoms with Crippen LogP contribution in [0.2, 0.25) is 0 Å². The number of hydrogen-bond donors (Lipinski definition) is 0. The van der Waals surface area contributed by atoms with Crippen LogP contribution >= 0.6 is 0 Å². The quantitative estimate of drug-likeness (QED) is 0.774. The van der Waals surface area contributed by atoms with Crippen molar-refractivity contribution >= 4 is 9.73 Å². The fourth-order valence-electron chi connectivity index (χ4n) is 1.82. The van der Waals surface area contributed by atoms with Gasteiger partial charge in [0.2, 0.25) is 0 Å². The molecule has 4 heteroatoms. The lowest BCUT2D eigenvalue weighted by atomic mass is 10.1. The Morgan fingerprint density at radius 3 is 2.87 bits per heavy atom. The van der Waals surface area contributed by atoms with E-state index in [1.807, 2.05) is 12.1 Å². The molecule has 1 atom stereocenters. The summed E-state index contributed by atoms with van der Waals surface area (Å²) in [5.74, 6) is 0.994. The van der Waals surface area contributed by atoms with Crippen molar-refractivity contribution < 1.29 is 4.21 Å². The molecule has 0 aliphatic carbocycles. The maximum atomic E-state index is 12.5. The summed E-state index contributed by atoms with van der Waals surface area (Å²) in [6.45, 7) is 4.87. The Morgan fingerprint density at radius 1 is 1.47 bits per heavy atom. The molecule has 1 aromatic rings. The van der Waals surface area contributed by atoms with Gasteiger partial charge in [0, 0.05) is 18.5 Å². The first-order valence-electron chi connectivity index (χ1n) is 5.29. The predicted octanol–water partition coefficient (Wildman–Crippen LogP) is 2.44. The van der Waals surface area contributed by atoms with Gasteiger partial charge in [-0.25, -0.2) is 8.57 Å². The first kappa shape index (κ1) is 10.6. The smallest absolute Gasteiger partial charge is 0.0771 e. The molecule has 0 bridgehead atoms. The highest BCUT2D eigenvalue weighted by Crippen LogP contribution is 2.26. The van der Waals surface area contributed by atoms with Crippen molar-refractivity contribution in [3.05, 3.63) is 24.0 Å². The summed E-state index contributed by atoms with van der Waals surface area (Å²) in [4.78, 5) is 5.19. The Labute approximate surface area is 91.1 Å². The van der Waals surface area contributed by atoms with Gasteiger partial charge in [0.1, 0.15) is 0 Å². The van der Waals surface area contributed by atoms with Crippen LogP contribution in [0.4, 0.5) is 0 Å². The largest absolute Gasteiger partial charge is 0.260 e. The third kappa shape index (κ3) is 1.91. The van der Waals surface area contributed by atoms with Gasteiger partial charge >= 0.3 is 0 Å². The van der Waals surface area contributed by atoms with Crippen molar-refractivity contribution in [2.45, 2.75) is 31.1 Å². The standard InChI is InChI=1S/C11H16N2OS/c1-9(2)11-10(5-3-6-12-11)15(14)8-4-7-13-15/h3,5-6,9H,4,7-8H2,1-2H3/t15-/m1/s1. The second-order valence-electron chi connectivity index (χ2n) is 4.09. The van der Waals surface area contributed by atoms with Gasteiger partial charge < -0.3 is 0 Å². The molecule has 1 aliphatic rings. The van der Waals surface area contributed by atoms with E-state index in [0.717, 1.165) is 23.6 Å². The molecule has 0 saturated heterocycles. The molecule has 1 aliphatic heterocycles. The second-order valence-corrected chi connectivity index (χ2v) is 6.48. The highest BCUT2D eigenvalue weighted by atomic mass is 32.2. The zero-order valence-electron chi connectivity index (χ0n) is 9.14. The summed E-state index contributed by atoms with van der Waals surface area (Å²) < 4.78 is 16.8. The van der Waals surface area contributed by atoms with Crippen LogP contribution in [0.5, 0.6) is 0 Å². The molecule has 2 heterocycles. The van der Waals surface area contributed by atoms with Crippen LogP contribution < -0.4 is 0 Å². The zero-order valence-corrected chi connectivity index (χ0v) is 9.96. The van der Waals surface area contributed by atoms with Crippen LogP contribution in [-0.2, 0) is 9.73 Å². The van der Waals surface area contributed by atoms with Crippen molar-refractivity contribution in [2.24, 2.45) is 4.36 Å². The minimum atomic E-state index is -2.15. The van der Waals surface area contributed by atoms with Crippen molar-refractivity contribution in [2.75, 3.05) is 12.3 Å². The maximum Gasteiger partial charge on any atom is 0.0771 e. The van der Waals surface area contributed by atoms with E-state index in [1.165, 1.54) is 0 Å². The van der Waals surface area contributed by atoms with Gasteiger partial charge in [0.15, 0.2) is 0 Å². The molecule has 0 unspecified atom stereocenters. The lowest BCUT2D eigenvalue weighted by molar-refractivity contribution is 0.674. The monoisotopic (exact) mass is 224 g/mol. The Morgan fingerprint density at radius 2 is 2.27 bits per heavy atom. The van der Waals surface area contributed by atoms with Crippen LogP contribution in [0.1, 0.15) is 31.9 Å². The second kappa shape index (κ2) is 3.93. The van der Waals surface area contributed by atoms with Crippen LogP contribution in [0, 0.1) is 0 Å². The van der Waals surface area contributed by atoms with Gasteiger partial charge in [0.25, 0.3) is 0 Å². The van der Waals surface area contributed by atoms with Crippen LogP contribution in [0.15, 0.2) is 27.6 Å². The third-order valence-electron chi connectivity index (χ3n) is 2.57. The normalized spacial score (nSPS) is 25.5. The van der Waals surface area contributed by atoms with Crippen molar-refractivity contribution in [1.82, 2.24) is 4.98 Å². The summed E-state index contributed by atoms with van der Waals surface area (Å²) in [6, 6.07) is 3.77. The molecule has 1 aromatic heterocycles. The van der Waals surface area contributed by atoms with Crippen molar-refractivity contribution in [3.8, 4) is 0 Å². The van der Waals surface area contributed by atoms with E-state index in [-0.39, 0.29) is 0 Å². The summed E-state index contributed by atoms with van der Waals surface area (Å²) in [6.07, 6.45) is 2.70. The van der Waals surface area contributed by atoms with Crippen LogP contribution in [0.25, 0.3) is 0 Å². The number of pyridine rings is 1. The van der Waals surface area contributed by atoms with E-state index in [9.17, 15) is 4.21 Å². The lowest BCUT2D eigenvalue weighted by Crippen LogP contribution is -2.07. The Bertz CT molecular complexity index is 473. The maximum absolute atomic E-state index is 12.5. The average Bonchev–Trinajstić information content (AvgIpc) is 2.66. The number of rotatable bonds is 2. The van der Waals surface area contributed by atoms with E-state index in [4.69, 9.17) is 0 Å². The molecule has 0 saturated carbocycles. The Balaban J connectivity index is 2.58.